The minimum Gasteiger partial charge on any atom is -0.508 e. The minimum atomic E-state index is -0.987. The van der Waals surface area contributed by atoms with Crippen molar-refractivity contribution in [1.82, 2.24) is 5.32 Å². The van der Waals surface area contributed by atoms with Crippen LogP contribution in [0.25, 0.3) is 0 Å². The van der Waals surface area contributed by atoms with E-state index in [-0.39, 0.29) is 17.2 Å². The molecular weight excluding hydrogens is 354 g/mol. The van der Waals surface area contributed by atoms with Gasteiger partial charge in [0.15, 0.2) is 0 Å². The molecule has 5 nitrogen and oxygen atoms in total. The van der Waals surface area contributed by atoms with E-state index in [1.807, 2.05) is 60.7 Å². The predicted octanol–water partition coefficient (Wildman–Crippen LogP) is 4.00. The molecule has 1 amide bonds. The van der Waals surface area contributed by atoms with Crippen LogP contribution in [0.4, 0.5) is 0 Å². The van der Waals surface area contributed by atoms with E-state index in [0.29, 0.717) is 18.5 Å². The molecule has 0 heterocycles. The molecule has 3 aromatic rings. The molecule has 5 heteroatoms. The molecule has 0 bridgehead atoms. The van der Waals surface area contributed by atoms with Crippen LogP contribution < -0.4 is 5.32 Å². The molecule has 0 aliphatic heterocycles. The lowest BCUT2D eigenvalue weighted by atomic mass is 10.0. The lowest BCUT2D eigenvalue weighted by Crippen LogP contribution is -2.18. The molecular formula is C23H23NO4. The van der Waals surface area contributed by atoms with Crippen molar-refractivity contribution in [2.75, 3.05) is 0 Å². The molecule has 0 aliphatic rings. The van der Waals surface area contributed by atoms with Crippen molar-refractivity contribution in [3.05, 3.63) is 101 Å². The topological polar surface area (TPSA) is 86.6 Å². The third kappa shape index (κ3) is 6.96. The maximum Gasteiger partial charge on any atom is 0.335 e. The zero-order chi connectivity index (χ0) is 20.4. The average Bonchev–Trinajstić information content (AvgIpc) is 2.70. The van der Waals surface area contributed by atoms with Gasteiger partial charge in [-0.05, 0) is 34.9 Å². The van der Waals surface area contributed by atoms with Crippen LogP contribution in [0.3, 0.4) is 0 Å². The van der Waals surface area contributed by atoms with Crippen molar-refractivity contribution in [3.63, 3.8) is 0 Å². The first-order valence-electron chi connectivity index (χ1n) is 8.83. The number of aromatic hydroxyl groups is 1. The summed E-state index contributed by atoms with van der Waals surface area (Å²) in [5.41, 5.74) is 2.97. The van der Waals surface area contributed by atoms with E-state index in [1.165, 1.54) is 25.1 Å². The Hall–Kier alpha value is -3.60. The van der Waals surface area contributed by atoms with Crippen LogP contribution in [0.5, 0.6) is 5.75 Å². The number of hydrogen-bond donors (Lipinski definition) is 3. The molecule has 0 aromatic heterocycles. The van der Waals surface area contributed by atoms with Crippen molar-refractivity contribution in [1.29, 1.82) is 0 Å². The standard InChI is InChI=1S/C14H12O3.C9H11NO/c15-13-7-6-11(14(16)17)9-12(13)8-10-4-2-1-3-5-10;1-8(11)10-7-9-5-3-2-4-6-9/h1-7,9,15H,8H2,(H,16,17);2-6H,7H2,1H3,(H,10,11). The zero-order valence-electron chi connectivity index (χ0n) is 15.6. The number of phenols is 1. The molecule has 0 atom stereocenters. The van der Waals surface area contributed by atoms with Gasteiger partial charge in [0.25, 0.3) is 0 Å². The average molecular weight is 377 g/mol. The van der Waals surface area contributed by atoms with Crippen molar-refractivity contribution >= 4 is 11.9 Å². The Labute approximate surface area is 164 Å². The number of phenolic OH excluding ortho intramolecular Hbond substituents is 1. The van der Waals surface area contributed by atoms with Crippen molar-refractivity contribution in [2.24, 2.45) is 0 Å². The van der Waals surface area contributed by atoms with Gasteiger partial charge in [0.2, 0.25) is 5.91 Å². The fraction of sp³-hybridized carbons (Fsp3) is 0.130. The number of hydrogen-bond acceptors (Lipinski definition) is 3. The lowest BCUT2D eigenvalue weighted by Gasteiger charge is -2.06. The third-order valence-corrected chi connectivity index (χ3v) is 3.95. The van der Waals surface area contributed by atoms with Gasteiger partial charge in [-0.3, -0.25) is 4.79 Å². The molecule has 0 aliphatic carbocycles. The summed E-state index contributed by atoms with van der Waals surface area (Å²) >= 11 is 0. The molecule has 0 radical (unpaired) electrons. The second-order valence-electron chi connectivity index (χ2n) is 6.21. The highest BCUT2D eigenvalue weighted by Crippen LogP contribution is 2.21. The number of carboxylic acid groups (broad SMARTS) is 1. The van der Waals surface area contributed by atoms with Crippen molar-refractivity contribution < 1.29 is 19.8 Å². The smallest absolute Gasteiger partial charge is 0.335 e. The van der Waals surface area contributed by atoms with Gasteiger partial charge in [-0.15, -0.1) is 0 Å². The second-order valence-corrected chi connectivity index (χ2v) is 6.21. The monoisotopic (exact) mass is 377 g/mol. The molecule has 0 saturated carbocycles. The van der Waals surface area contributed by atoms with Crippen LogP contribution in [0.2, 0.25) is 0 Å². The molecule has 3 aromatic carbocycles. The van der Waals surface area contributed by atoms with E-state index in [2.05, 4.69) is 5.32 Å². The van der Waals surface area contributed by atoms with Crippen LogP contribution in [-0.2, 0) is 17.8 Å². The van der Waals surface area contributed by atoms with E-state index in [4.69, 9.17) is 5.11 Å². The van der Waals surface area contributed by atoms with Crippen molar-refractivity contribution in [2.45, 2.75) is 19.9 Å². The number of carboxylic acids is 1. The molecule has 0 spiro atoms. The summed E-state index contributed by atoms with van der Waals surface area (Å²) in [6.07, 6.45) is 0.522. The molecule has 0 unspecified atom stereocenters. The maximum absolute atomic E-state index is 10.8. The Balaban J connectivity index is 0.000000221. The van der Waals surface area contributed by atoms with Gasteiger partial charge < -0.3 is 15.5 Å². The molecule has 28 heavy (non-hydrogen) atoms. The number of amides is 1. The number of carbonyl (C=O) groups excluding carboxylic acids is 1. The van der Waals surface area contributed by atoms with Gasteiger partial charge in [-0.1, -0.05) is 60.7 Å². The zero-order valence-corrected chi connectivity index (χ0v) is 15.6. The summed E-state index contributed by atoms with van der Waals surface area (Å²) in [4.78, 5) is 21.3. The molecule has 144 valence electrons. The lowest BCUT2D eigenvalue weighted by molar-refractivity contribution is -0.119. The van der Waals surface area contributed by atoms with E-state index in [1.54, 1.807) is 0 Å². The third-order valence-electron chi connectivity index (χ3n) is 3.95. The Bertz CT molecular complexity index is 908. The SMILES string of the molecule is CC(=O)NCc1ccccc1.O=C(O)c1ccc(O)c(Cc2ccccc2)c1. The summed E-state index contributed by atoms with van der Waals surface area (Å²) < 4.78 is 0. The summed E-state index contributed by atoms with van der Waals surface area (Å²) in [7, 11) is 0. The van der Waals surface area contributed by atoms with Crippen LogP contribution in [0.15, 0.2) is 78.9 Å². The molecule has 3 N–H and O–H groups in total. The minimum absolute atomic E-state index is 0.00820. The number of nitrogens with one attached hydrogen (secondary N) is 1. The van der Waals surface area contributed by atoms with E-state index in [9.17, 15) is 14.7 Å². The van der Waals surface area contributed by atoms with Gasteiger partial charge in [0.1, 0.15) is 5.75 Å². The summed E-state index contributed by atoms with van der Waals surface area (Å²) in [6, 6.07) is 23.8. The summed E-state index contributed by atoms with van der Waals surface area (Å²) in [5, 5.41) is 21.3. The normalized spacial score (nSPS) is 9.75. The van der Waals surface area contributed by atoms with Gasteiger partial charge in [0.05, 0.1) is 5.56 Å². The molecule has 0 saturated heterocycles. The maximum atomic E-state index is 10.8. The first kappa shape index (κ1) is 20.7. The Kier molecular flexibility index (Phi) is 7.78. The van der Waals surface area contributed by atoms with Gasteiger partial charge in [-0.2, -0.15) is 0 Å². The van der Waals surface area contributed by atoms with Crippen molar-refractivity contribution in [3.8, 4) is 5.75 Å². The highest BCUT2D eigenvalue weighted by atomic mass is 16.4. The summed E-state index contributed by atoms with van der Waals surface area (Å²) in [5.74, 6) is -0.855. The number of benzene rings is 3. The van der Waals surface area contributed by atoms with Crippen LogP contribution >= 0.6 is 0 Å². The Morgan fingerprint density at radius 3 is 1.96 bits per heavy atom. The Morgan fingerprint density at radius 2 is 1.43 bits per heavy atom. The first-order chi connectivity index (χ1) is 13.5. The van der Waals surface area contributed by atoms with Gasteiger partial charge in [0, 0.05) is 19.9 Å². The Morgan fingerprint density at radius 1 is 0.857 bits per heavy atom. The molecule has 3 rings (SSSR count). The highest BCUT2D eigenvalue weighted by Gasteiger charge is 2.08. The van der Waals surface area contributed by atoms with Crippen LogP contribution in [0.1, 0.15) is 34.0 Å². The highest BCUT2D eigenvalue weighted by molar-refractivity contribution is 5.88. The first-order valence-corrected chi connectivity index (χ1v) is 8.83. The number of carbonyl (C=O) groups is 2. The van der Waals surface area contributed by atoms with Gasteiger partial charge >= 0.3 is 5.97 Å². The summed E-state index contributed by atoms with van der Waals surface area (Å²) in [6.45, 7) is 2.14. The van der Waals surface area contributed by atoms with E-state index in [0.717, 1.165) is 11.1 Å². The fourth-order valence-corrected chi connectivity index (χ4v) is 2.50. The predicted molar refractivity (Wildman–Crippen MR) is 108 cm³/mol. The number of rotatable bonds is 5. The molecule has 0 fully saturated rings. The number of aromatic carboxylic acids is 1. The van der Waals surface area contributed by atoms with Crippen LogP contribution in [0, 0.1) is 0 Å². The second kappa shape index (κ2) is 10.5. The van der Waals surface area contributed by atoms with E-state index >= 15 is 0 Å². The largest absolute Gasteiger partial charge is 0.508 e. The van der Waals surface area contributed by atoms with E-state index < -0.39 is 5.97 Å². The van der Waals surface area contributed by atoms with Gasteiger partial charge in [-0.25, -0.2) is 4.79 Å². The quantitative estimate of drug-likeness (QED) is 0.627. The van der Waals surface area contributed by atoms with Crippen LogP contribution in [-0.4, -0.2) is 22.1 Å². The fourth-order valence-electron chi connectivity index (χ4n) is 2.50.